The SMILES string of the molecule is Cc1cccc2c(=O)n(CCC(=O)Nc3ncc(C4CCNCC4)s3)cnc12. The number of nitrogens with one attached hydrogen (secondary N) is 2. The Bertz CT molecular complexity index is 1050. The molecule has 1 aliphatic heterocycles. The Kier molecular flexibility index (Phi) is 5.50. The molecule has 4 rings (SSSR count). The Morgan fingerprint density at radius 2 is 2.14 bits per heavy atom. The van der Waals surface area contributed by atoms with Gasteiger partial charge in [-0.25, -0.2) is 9.97 Å². The summed E-state index contributed by atoms with van der Waals surface area (Å²) < 4.78 is 1.49. The van der Waals surface area contributed by atoms with Crippen molar-refractivity contribution in [3.8, 4) is 0 Å². The smallest absolute Gasteiger partial charge is 0.261 e. The van der Waals surface area contributed by atoms with E-state index in [-0.39, 0.29) is 24.4 Å². The van der Waals surface area contributed by atoms with E-state index in [1.165, 1.54) is 15.8 Å². The number of para-hydroxylation sites is 1. The van der Waals surface area contributed by atoms with Crippen LogP contribution in [0.5, 0.6) is 0 Å². The maximum atomic E-state index is 12.6. The molecule has 1 aromatic carbocycles. The molecule has 28 heavy (non-hydrogen) atoms. The summed E-state index contributed by atoms with van der Waals surface area (Å²) in [4.78, 5) is 34.9. The fourth-order valence-electron chi connectivity index (χ4n) is 3.54. The van der Waals surface area contributed by atoms with Crippen molar-refractivity contribution in [1.82, 2.24) is 19.9 Å². The standard InChI is InChI=1S/C20H23N5O2S/c1-13-3-2-4-15-18(13)23-12-25(19(15)27)10-7-17(26)24-20-22-11-16(28-20)14-5-8-21-9-6-14/h2-4,11-12,14,21H,5-10H2,1H3,(H,22,24,26). The number of benzene rings is 1. The van der Waals surface area contributed by atoms with Gasteiger partial charge in [0.2, 0.25) is 5.91 Å². The molecule has 3 heterocycles. The summed E-state index contributed by atoms with van der Waals surface area (Å²) in [5.74, 6) is 0.373. The second-order valence-corrected chi connectivity index (χ2v) is 8.17. The topological polar surface area (TPSA) is 88.9 Å². The number of piperidine rings is 1. The molecule has 1 fully saturated rings. The van der Waals surface area contributed by atoms with Crippen LogP contribution in [0.15, 0.2) is 35.5 Å². The molecule has 1 amide bonds. The lowest BCUT2D eigenvalue weighted by Gasteiger charge is -2.20. The quantitative estimate of drug-likeness (QED) is 0.691. The van der Waals surface area contributed by atoms with E-state index < -0.39 is 0 Å². The van der Waals surface area contributed by atoms with Crippen molar-refractivity contribution in [2.45, 2.75) is 38.6 Å². The third kappa shape index (κ3) is 3.98. The van der Waals surface area contributed by atoms with Gasteiger partial charge in [-0.3, -0.25) is 14.2 Å². The number of rotatable bonds is 5. The van der Waals surface area contributed by atoms with E-state index in [0.29, 0.717) is 22.0 Å². The minimum absolute atomic E-state index is 0.121. The fraction of sp³-hybridized carbons (Fsp3) is 0.400. The molecule has 146 valence electrons. The van der Waals surface area contributed by atoms with E-state index in [4.69, 9.17) is 0 Å². The summed E-state index contributed by atoms with van der Waals surface area (Å²) in [5, 5.41) is 7.41. The van der Waals surface area contributed by atoms with Gasteiger partial charge in [0, 0.05) is 24.0 Å². The van der Waals surface area contributed by atoms with Crippen LogP contribution in [0.1, 0.15) is 35.6 Å². The average molecular weight is 398 g/mol. The van der Waals surface area contributed by atoms with Gasteiger partial charge < -0.3 is 10.6 Å². The maximum absolute atomic E-state index is 12.6. The predicted molar refractivity (Wildman–Crippen MR) is 111 cm³/mol. The van der Waals surface area contributed by atoms with Crippen molar-refractivity contribution in [2.75, 3.05) is 18.4 Å². The van der Waals surface area contributed by atoms with Crippen molar-refractivity contribution in [2.24, 2.45) is 0 Å². The molecule has 1 saturated heterocycles. The van der Waals surface area contributed by atoms with Crippen LogP contribution in [0.4, 0.5) is 5.13 Å². The summed E-state index contributed by atoms with van der Waals surface area (Å²) in [6, 6.07) is 5.55. The summed E-state index contributed by atoms with van der Waals surface area (Å²) in [7, 11) is 0. The molecule has 0 spiro atoms. The number of thiazole rings is 1. The number of carbonyl (C=O) groups excluding carboxylic acids is 1. The minimum Gasteiger partial charge on any atom is -0.317 e. The number of fused-ring (bicyclic) bond motifs is 1. The van der Waals surface area contributed by atoms with Crippen LogP contribution in [0.3, 0.4) is 0 Å². The molecule has 8 heteroatoms. The average Bonchev–Trinajstić information content (AvgIpc) is 3.17. The van der Waals surface area contributed by atoms with Crippen LogP contribution in [0.2, 0.25) is 0 Å². The predicted octanol–water partition coefficient (Wildman–Crippen LogP) is 2.66. The summed E-state index contributed by atoms with van der Waals surface area (Å²) in [6.07, 6.45) is 5.79. The molecular formula is C20H23N5O2S. The van der Waals surface area contributed by atoms with Gasteiger partial charge in [0.15, 0.2) is 5.13 Å². The Hall–Kier alpha value is -2.58. The highest BCUT2D eigenvalue weighted by molar-refractivity contribution is 7.15. The summed E-state index contributed by atoms with van der Waals surface area (Å²) in [5.41, 5.74) is 1.55. The van der Waals surface area contributed by atoms with E-state index in [0.717, 1.165) is 31.5 Å². The Morgan fingerprint density at radius 3 is 2.96 bits per heavy atom. The van der Waals surface area contributed by atoms with Crippen molar-refractivity contribution >= 4 is 33.3 Å². The Balaban J connectivity index is 1.38. The van der Waals surface area contributed by atoms with E-state index in [9.17, 15) is 9.59 Å². The number of aryl methyl sites for hydroxylation is 2. The van der Waals surface area contributed by atoms with Crippen LogP contribution in [0, 0.1) is 6.92 Å². The van der Waals surface area contributed by atoms with Crippen LogP contribution >= 0.6 is 11.3 Å². The highest BCUT2D eigenvalue weighted by atomic mass is 32.1. The molecule has 2 aromatic heterocycles. The van der Waals surface area contributed by atoms with E-state index in [2.05, 4.69) is 20.6 Å². The zero-order valence-electron chi connectivity index (χ0n) is 15.8. The molecular weight excluding hydrogens is 374 g/mol. The lowest BCUT2D eigenvalue weighted by molar-refractivity contribution is -0.116. The summed E-state index contributed by atoms with van der Waals surface area (Å²) in [6.45, 7) is 4.27. The van der Waals surface area contributed by atoms with Crippen LogP contribution < -0.4 is 16.2 Å². The van der Waals surface area contributed by atoms with Gasteiger partial charge in [-0.05, 0) is 50.4 Å². The lowest BCUT2D eigenvalue weighted by atomic mass is 9.97. The zero-order chi connectivity index (χ0) is 19.5. The van der Waals surface area contributed by atoms with E-state index >= 15 is 0 Å². The lowest BCUT2D eigenvalue weighted by Crippen LogP contribution is -2.26. The van der Waals surface area contributed by atoms with Gasteiger partial charge in [0.25, 0.3) is 5.56 Å². The summed E-state index contributed by atoms with van der Waals surface area (Å²) >= 11 is 1.54. The largest absolute Gasteiger partial charge is 0.317 e. The monoisotopic (exact) mass is 397 g/mol. The number of nitrogens with zero attached hydrogens (tertiary/aromatic N) is 3. The molecule has 1 aliphatic rings. The van der Waals surface area contributed by atoms with Crippen molar-refractivity contribution in [1.29, 1.82) is 0 Å². The molecule has 7 nitrogen and oxygen atoms in total. The van der Waals surface area contributed by atoms with Gasteiger partial charge in [-0.15, -0.1) is 11.3 Å². The van der Waals surface area contributed by atoms with E-state index in [1.807, 2.05) is 25.3 Å². The molecule has 0 radical (unpaired) electrons. The highest BCUT2D eigenvalue weighted by Crippen LogP contribution is 2.31. The molecule has 0 saturated carbocycles. The van der Waals surface area contributed by atoms with Crippen LogP contribution in [-0.4, -0.2) is 33.5 Å². The Labute approximate surface area is 166 Å². The van der Waals surface area contributed by atoms with Gasteiger partial charge in [-0.1, -0.05) is 12.1 Å². The normalized spacial score (nSPS) is 15.0. The first-order chi connectivity index (χ1) is 13.6. The van der Waals surface area contributed by atoms with Crippen molar-refractivity contribution < 1.29 is 4.79 Å². The van der Waals surface area contributed by atoms with Gasteiger partial charge >= 0.3 is 0 Å². The third-order valence-corrected chi connectivity index (χ3v) is 6.22. The molecule has 0 bridgehead atoms. The fourth-order valence-corrected chi connectivity index (χ4v) is 4.54. The highest BCUT2D eigenvalue weighted by Gasteiger charge is 2.18. The molecule has 3 aromatic rings. The molecule has 0 unspecified atom stereocenters. The minimum atomic E-state index is -0.151. The second-order valence-electron chi connectivity index (χ2n) is 7.10. The number of carbonyl (C=O) groups is 1. The third-order valence-electron chi connectivity index (χ3n) is 5.15. The van der Waals surface area contributed by atoms with Gasteiger partial charge in [-0.2, -0.15) is 0 Å². The first kappa shape index (κ1) is 18.8. The number of amides is 1. The first-order valence-corrected chi connectivity index (χ1v) is 10.3. The molecule has 0 aliphatic carbocycles. The number of anilines is 1. The number of aromatic nitrogens is 3. The maximum Gasteiger partial charge on any atom is 0.261 e. The molecule has 0 atom stereocenters. The number of hydrogen-bond acceptors (Lipinski definition) is 6. The van der Waals surface area contributed by atoms with Gasteiger partial charge in [0.05, 0.1) is 17.2 Å². The first-order valence-electron chi connectivity index (χ1n) is 9.53. The number of hydrogen-bond donors (Lipinski definition) is 2. The van der Waals surface area contributed by atoms with Crippen molar-refractivity contribution in [3.63, 3.8) is 0 Å². The second kappa shape index (κ2) is 8.20. The zero-order valence-corrected chi connectivity index (χ0v) is 16.6. The van der Waals surface area contributed by atoms with Crippen LogP contribution in [-0.2, 0) is 11.3 Å². The molecule has 2 N–H and O–H groups in total. The van der Waals surface area contributed by atoms with Crippen molar-refractivity contribution in [3.05, 3.63) is 51.5 Å². The Morgan fingerprint density at radius 1 is 1.32 bits per heavy atom. The van der Waals surface area contributed by atoms with Gasteiger partial charge in [0.1, 0.15) is 0 Å². The van der Waals surface area contributed by atoms with Crippen LogP contribution in [0.25, 0.3) is 10.9 Å². The van der Waals surface area contributed by atoms with E-state index in [1.54, 1.807) is 17.4 Å².